The fourth-order valence-corrected chi connectivity index (χ4v) is 2.49. The Morgan fingerprint density at radius 3 is 2.64 bits per heavy atom. The Morgan fingerprint density at radius 2 is 2.04 bits per heavy atom. The van der Waals surface area contributed by atoms with E-state index in [-0.39, 0.29) is 30.8 Å². The zero-order valence-electron chi connectivity index (χ0n) is 13.8. The molecule has 0 saturated carbocycles. The number of nitrogens with two attached hydrogens (primary N) is 1. The fraction of sp³-hybridized carbons (Fsp3) is 0.312. The first kappa shape index (κ1) is 21.0. The van der Waals surface area contributed by atoms with Crippen molar-refractivity contribution in [1.29, 1.82) is 0 Å². The third-order valence-electron chi connectivity index (χ3n) is 3.31. The van der Waals surface area contributed by atoms with E-state index in [2.05, 4.69) is 15.7 Å². The van der Waals surface area contributed by atoms with Crippen LogP contribution in [0.5, 0.6) is 0 Å². The van der Waals surface area contributed by atoms with E-state index >= 15 is 0 Å². The molecule has 1 aromatic heterocycles. The molecule has 2 rings (SSSR count). The van der Waals surface area contributed by atoms with Crippen LogP contribution >= 0.6 is 24.2 Å². The number of benzene rings is 1. The Kier molecular flexibility index (Phi) is 9.04. The molecule has 136 valence electrons. The summed E-state index contributed by atoms with van der Waals surface area (Å²) >= 11 is 1.63. The number of amides is 2. The summed E-state index contributed by atoms with van der Waals surface area (Å²) < 4.78 is 1.72. The van der Waals surface area contributed by atoms with Crippen molar-refractivity contribution in [3.8, 4) is 5.69 Å². The van der Waals surface area contributed by atoms with Gasteiger partial charge in [0.1, 0.15) is 0 Å². The minimum atomic E-state index is -0.585. The maximum Gasteiger partial charge on any atom is 0.243 e. The molecule has 2 aromatic rings. The lowest BCUT2D eigenvalue weighted by atomic mass is 10.2. The molecular formula is C16H22ClN5O2S. The van der Waals surface area contributed by atoms with Gasteiger partial charge in [0.05, 0.1) is 18.3 Å². The monoisotopic (exact) mass is 383 g/mol. The van der Waals surface area contributed by atoms with Crippen LogP contribution in [0.1, 0.15) is 6.42 Å². The molecule has 25 heavy (non-hydrogen) atoms. The normalized spacial score (nSPS) is 11.3. The van der Waals surface area contributed by atoms with Gasteiger partial charge in [-0.3, -0.25) is 9.59 Å². The molecule has 0 unspecified atom stereocenters. The first-order valence-corrected chi connectivity index (χ1v) is 8.91. The third kappa shape index (κ3) is 6.77. The third-order valence-corrected chi connectivity index (χ3v) is 3.96. The molecule has 0 bridgehead atoms. The molecule has 4 N–H and O–H groups in total. The molecule has 0 radical (unpaired) electrons. The fourth-order valence-electron chi connectivity index (χ4n) is 2.00. The van der Waals surface area contributed by atoms with E-state index in [1.54, 1.807) is 34.8 Å². The van der Waals surface area contributed by atoms with E-state index in [0.717, 1.165) is 11.4 Å². The molecule has 0 saturated heterocycles. The van der Waals surface area contributed by atoms with Crippen molar-refractivity contribution in [2.24, 2.45) is 5.73 Å². The highest BCUT2D eigenvalue weighted by molar-refractivity contribution is 7.98. The van der Waals surface area contributed by atoms with Crippen LogP contribution < -0.4 is 16.4 Å². The lowest BCUT2D eigenvalue weighted by Crippen LogP contribution is -2.43. The topological polar surface area (TPSA) is 102 Å². The number of carbonyl (C=O) groups excluding carboxylic acids is 2. The lowest BCUT2D eigenvalue weighted by molar-refractivity contribution is -0.125. The van der Waals surface area contributed by atoms with E-state index in [9.17, 15) is 9.59 Å². The number of thioether (sulfide) groups is 1. The predicted molar refractivity (Wildman–Crippen MR) is 103 cm³/mol. The molecule has 1 atom stereocenters. The number of nitrogens with zero attached hydrogens (tertiary/aromatic N) is 2. The molecule has 1 aromatic carbocycles. The standard InChI is InChI=1S/C16H21N5O2S.ClH/c1-24-10-7-14(17)16(23)18-11-15(22)20-12-3-5-13(6-4-12)21-9-2-8-19-21;/h2-6,8-9,14H,7,10-11,17H2,1H3,(H,18,23)(H,20,22);1H/t14-;/m0./s1. The highest BCUT2D eigenvalue weighted by Crippen LogP contribution is 2.12. The molecule has 1 heterocycles. The quantitative estimate of drug-likeness (QED) is 0.640. The van der Waals surface area contributed by atoms with Crippen molar-refractivity contribution < 1.29 is 9.59 Å². The van der Waals surface area contributed by atoms with Crippen molar-refractivity contribution >= 4 is 41.7 Å². The molecule has 0 aliphatic carbocycles. The summed E-state index contributed by atoms with van der Waals surface area (Å²) in [5, 5.41) is 9.40. The van der Waals surface area contributed by atoms with E-state index in [1.807, 2.05) is 30.7 Å². The Morgan fingerprint density at radius 1 is 1.32 bits per heavy atom. The molecule has 0 spiro atoms. The van der Waals surface area contributed by atoms with Gasteiger partial charge in [0.15, 0.2) is 0 Å². The highest BCUT2D eigenvalue weighted by Gasteiger charge is 2.13. The summed E-state index contributed by atoms with van der Waals surface area (Å²) in [7, 11) is 0. The summed E-state index contributed by atoms with van der Waals surface area (Å²) in [6.07, 6.45) is 6.07. The van der Waals surface area contributed by atoms with Crippen LogP contribution in [0.4, 0.5) is 5.69 Å². The highest BCUT2D eigenvalue weighted by atomic mass is 35.5. The first-order chi connectivity index (χ1) is 11.6. The molecule has 0 aliphatic rings. The molecule has 7 nitrogen and oxygen atoms in total. The Hall–Kier alpha value is -2.03. The second kappa shape index (κ2) is 10.8. The average molecular weight is 384 g/mol. The van der Waals surface area contributed by atoms with Crippen LogP contribution in [-0.4, -0.2) is 46.2 Å². The molecule has 0 aliphatic heterocycles. The van der Waals surface area contributed by atoms with Crippen LogP contribution in [0.3, 0.4) is 0 Å². The average Bonchev–Trinajstić information content (AvgIpc) is 3.12. The number of nitrogens with one attached hydrogen (secondary N) is 2. The second-order valence-electron chi connectivity index (χ2n) is 5.15. The maximum atomic E-state index is 11.9. The Balaban J connectivity index is 0.00000312. The summed E-state index contributed by atoms with van der Waals surface area (Å²) in [5.74, 6) is 0.198. The Bertz CT molecular complexity index is 664. The van der Waals surface area contributed by atoms with Gasteiger partial charge in [-0.2, -0.15) is 16.9 Å². The van der Waals surface area contributed by atoms with E-state index in [4.69, 9.17) is 5.73 Å². The van der Waals surface area contributed by atoms with Crippen molar-refractivity contribution in [3.63, 3.8) is 0 Å². The number of anilines is 1. The van der Waals surface area contributed by atoms with Crippen LogP contribution in [0.2, 0.25) is 0 Å². The summed E-state index contributed by atoms with van der Waals surface area (Å²) in [5.41, 5.74) is 7.28. The van der Waals surface area contributed by atoms with Gasteiger partial charge in [-0.05, 0) is 48.8 Å². The maximum absolute atomic E-state index is 11.9. The number of hydrogen-bond donors (Lipinski definition) is 3. The van der Waals surface area contributed by atoms with Crippen LogP contribution in [0, 0.1) is 0 Å². The van der Waals surface area contributed by atoms with E-state index in [1.165, 1.54) is 0 Å². The molecule has 2 amide bonds. The van der Waals surface area contributed by atoms with Crippen molar-refractivity contribution in [3.05, 3.63) is 42.7 Å². The minimum absolute atomic E-state index is 0. The van der Waals surface area contributed by atoms with Crippen molar-refractivity contribution in [2.75, 3.05) is 23.9 Å². The van der Waals surface area contributed by atoms with Gasteiger partial charge in [-0.1, -0.05) is 0 Å². The van der Waals surface area contributed by atoms with E-state index in [0.29, 0.717) is 12.1 Å². The summed E-state index contributed by atoms with van der Waals surface area (Å²) in [6.45, 7) is -0.104. The van der Waals surface area contributed by atoms with Gasteiger partial charge in [0, 0.05) is 18.1 Å². The van der Waals surface area contributed by atoms with Gasteiger partial charge in [-0.15, -0.1) is 12.4 Å². The van der Waals surface area contributed by atoms with Crippen molar-refractivity contribution in [1.82, 2.24) is 15.1 Å². The zero-order chi connectivity index (χ0) is 17.4. The largest absolute Gasteiger partial charge is 0.346 e. The molecular weight excluding hydrogens is 362 g/mol. The van der Waals surface area contributed by atoms with Crippen LogP contribution in [0.25, 0.3) is 5.69 Å². The zero-order valence-corrected chi connectivity index (χ0v) is 15.5. The Labute approximate surface area is 157 Å². The summed E-state index contributed by atoms with van der Waals surface area (Å²) in [4.78, 5) is 23.6. The van der Waals surface area contributed by atoms with Crippen LogP contribution in [-0.2, 0) is 9.59 Å². The SMILES string of the molecule is CSCC[C@H](N)C(=O)NCC(=O)Nc1ccc(-n2cccn2)cc1.Cl. The molecule has 0 fully saturated rings. The smallest absolute Gasteiger partial charge is 0.243 e. The predicted octanol–water partition coefficient (Wildman–Crippen LogP) is 1.43. The molecule has 9 heteroatoms. The number of aromatic nitrogens is 2. The van der Waals surface area contributed by atoms with Gasteiger partial charge in [0.25, 0.3) is 0 Å². The lowest BCUT2D eigenvalue weighted by Gasteiger charge is -2.12. The number of halogens is 1. The van der Waals surface area contributed by atoms with Crippen molar-refractivity contribution in [2.45, 2.75) is 12.5 Å². The first-order valence-electron chi connectivity index (χ1n) is 7.52. The minimum Gasteiger partial charge on any atom is -0.346 e. The van der Waals surface area contributed by atoms with Gasteiger partial charge < -0.3 is 16.4 Å². The number of carbonyl (C=O) groups is 2. The van der Waals surface area contributed by atoms with Gasteiger partial charge in [-0.25, -0.2) is 4.68 Å². The number of hydrogen-bond acceptors (Lipinski definition) is 5. The number of rotatable bonds is 8. The summed E-state index contributed by atoms with van der Waals surface area (Å²) in [6, 6.07) is 8.50. The van der Waals surface area contributed by atoms with Gasteiger partial charge in [0.2, 0.25) is 11.8 Å². The van der Waals surface area contributed by atoms with Gasteiger partial charge >= 0.3 is 0 Å². The van der Waals surface area contributed by atoms with Crippen LogP contribution in [0.15, 0.2) is 42.7 Å². The van der Waals surface area contributed by atoms with E-state index < -0.39 is 6.04 Å². The second-order valence-corrected chi connectivity index (χ2v) is 6.14.